The molecule has 2 unspecified atom stereocenters. The second-order valence-corrected chi connectivity index (χ2v) is 5.79. The van der Waals surface area contributed by atoms with Crippen LogP contribution in [-0.2, 0) is 10.8 Å². The topological polar surface area (TPSA) is 67.8 Å². The molecular formula is C12H16N4OS. The first-order valence-electron chi connectivity index (χ1n) is 5.81. The highest BCUT2D eigenvalue weighted by molar-refractivity contribution is 7.84. The van der Waals surface area contributed by atoms with Gasteiger partial charge in [0.05, 0.1) is 5.52 Å². The summed E-state index contributed by atoms with van der Waals surface area (Å²) < 4.78 is 11.0. The van der Waals surface area contributed by atoms with Crippen LogP contribution in [0.15, 0.2) is 24.3 Å². The van der Waals surface area contributed by atoms with Crippen molar-refractivity contribution in [1.29, 1.82) is 0 Å². The molecule has 6 heteroatoms. The van der Waals surface area contributed by atoms with Crippen LogP contribution in [0, 0.1) is 0 Å². The van der Waals surface area contributed by atoms with E-state index in [1.54, 1.807) is 6.26 Å². The largest absolute Gasteiger partial charge is 0.350 e. The Morgan fingerprint density at radius 1 is 1.28 bits per heavy atom. The third kappa shape index (κ3) is 3.46. The number of rotatable bonds is 5. The van der Waals surface area contributed by atoms with E-state index < -0.39 is 10.8 Å². The molecule has 0 radical (unpaired) electrons. The second kappa shape index (κ2) is 5.86. The van der Waals surface area contributed by atoms with Gasteiger partial charge in [0.1, 0.15) is 5.52 Å². The van der Waals surface area contributed by atoms with Crippen LogP contribution in [0.2, 0.25) is 0 Å². The molecule has 1 N–H and O–H groups in total. The van der Waals surface area contributed by atoms with Gasteiger partial charge in [-0.1, -0.05) is 12.1 Å². The Kier molecular flexibility index (Phi) is 4.19. The molecule has 1 heterocycles. The Labute approximate surface area is 108 Å². The number of hydrogen-bond donors (Lipinski definition) is 1. The molecule has 2 atom stereocenters. The van der Waals surface area contributed by atoms with E-state index >= 15 is 0 Å². The highest BCUT2D eigenvalue weighted by Crippen LogP contribution is 2.10. The van der Waals surface area contributed by atoms with Gasteiger partial charge in [-0.3, -0.25) is 4.21 Å². The molecule has 0 aliphatic heterocycles. The minimum atomic E-state index is -0.763. The van der Waals surface area contributed by atoms with E-state index in [0.717, 1.165) is 17.5 Å². The number of para-hydroxylation sites is 1. The number of fused-ring (bicyclic) bond motifs is 1. The van der Waals surface area contributed by atoms with Crippen LogP contribution in [0.25, 0.3) is 11.0 Å². The van der Waals surface area contributed by atoms with Crippen molar-refractivity contribution < 1.29 is 4.21 Å². The molecule has 0 spiro atoms. The molecule has 0 fully saturated rings. The Bertz CT molecular complexity index is 561. The summed E-state index contributed by atoms with van der Waals surface area (Å²) in [5, 5.41) is 11.3. The summed E-state index contributed by atoms with van der Waals surface area (Å²) in [4.78, 5) is 4.38. The number of anilines is 1. The van der Waals surface area contributed by atoms with Crippen molar-refractivity contribution in [3.63, 3.8) is 0 Å². The molecule has 18 heavy (non-hydrogen) atoms. The fourth-order valence-electron chi connectivity index (χ4n) is 1.58. The number of hydrogen-bond acceptors (Lipinski definition) is 5. The first-order valence-corrected chi connectivity index (χ1v) is 7.54. The summed E-state index contributed by atoms with van der Waals surface area (Å²) in [7, 11) is -0.763. The van der Waals surface area contributed by atoms with Gasteiger partial charge in [-0.2, -0.15) is 0 Å². The average Bonchev–Trinajstić information content (AvgIpc) is 2.36. The maximum absolute atomic E-state index is 11.0. The highest BCUT2D eigenvalue weighted by atomic mass is 32.2. The quantitative estimate of drug-likeness (QED) is 0.888. The molecule has 0 aliphatic rings. The zero-order valence-corrected chi connectivity index (χ0v) is 11.3. The second-order valence-electron chi connectivity index (χ2n) is 4.24. The van der Waals surface area contributed by atoms with E-state index in [9.17, 15) is 4.21 Å². The van der Waals surface area contributed by atoms with Crippen LogP contribution in [0.3, 0.4) is 0 Å². The van der Waals surface area contributed by atoms with Crippen LogP contribution in [0.4, 0.5) is 5.95 Å². The lowest BCUT2D eigenvalue weighted by Crippen LogP contribution is -2.19. The van der Waals surface area contributed by atoms with Crippen molar-refractivity contribution >= 4 is 27.8 Å². The smallest absolute Gasteiger partial charge is 0.243 e. The van der Waals surface area contributed by atoms with E-state index in [2.05, 4.69) is 20.5 Å². The summed E-state index contributed by atoms with van der Waals surface area (Å²) in [6.45, 7) is 2.02. The van der Waals surface area contributed by atoms with Gasteiger partial charge in [0.25, 0.3) is 0 Å². The molecule has 0 aliphatic carbocycles. The van der Waals surface area contributed by atoms with E-state index in [-0.39, 0.29) is 6.04 Å². The van der Waals surface area contributed by atoms with Crippen molar-refractivity contribution in [3.8, 4) is 0 Å². The standard InChI is InChI=1S/C12H16N4OS/c1-9(7-8-18(2)17)13-12-14-10-5-3-4-6-11(10)15-16-12/h3-6,9H,7-8H2,1-2H3,(H,13,14,16). The molecule has 96 valence electrons. The van der Waals surface area contributed by atoms with E-state index in [0.29, 0.717) is 11.7 Å². The van der Waals surface area contributed by atoms with Crippen molar-refractivity contribution in [2.45, 2.75) is 19.4 Å². The summed E-state index contributed by atoms with van der Waals surface area (Å²) in [6, 6.07) is 7.79. The van der Waals surface area contributed by atoms with E-state index in [1.807, 2.05) is 31.2 Å². The third-order valence-corrected chi connectivity index (χ3v) is 3.38. The Morgan fingerprint density at radius 3 is 2.72 bits per heavy atom. The highest BCUT2D eigenvalue weighted by Gasteiger charge is 2.06. The lowest BCUT2D eigenvalue weighted by molar-refractivity contribution is 0.677. The normalized spacial score (nSPS) is 14.3. The maximum Gasteiger partial charge on any atom is 0.243 e. The molecule has 0 bridgehead atoms. The summed E-state index contributed by atoms with van der Waals surface area (Å²) >= 11 is 0. The maximum atomic E-state index is 11.0. The molecule has 1 aromatic heterocycles. The van der Waals surface area contributed by atoms with Gasteiger partial charge in [0.2, 0.25) is 5.95 Å². The summed E-state index contributed by atoms with van der Waals surface area (Å²) in [5.41, 5.74) is 1.60. The molecular weight excluding hydrogens is 248 g/mol. The molecule has 0 saturated heterocycles. The van der Waals surface area contributed by atoms with Gasteiger partial charge in [-0.25, -0.2) is 4.98 Å². The Balaban J connectivity index is 2.05. The zero-order valence-electron chi connectivity index (χ0n) is 10.5. The SMILES string of the molecule is CC(CCS(C)=O)Nc1nnc2ccccc2n1. The third-order valence-electron chi connectivity index (χ3n) is 2.57. The summed E-state index contributed by atoms with van der Waals surface area (Å²) in [6.07, 6.45) is 2.53. The molecule has 2 aromatic rings. The number of nitrogens with zero attached hydrogens (tertiary/aromatic N) is 3. The lowest BCUT2D eigenvalue weighted by atomic mass is 10.3. The fourth-order valence-corrected chi connectivity index (χ4v) is 2.26. The molecule has 2 rings (SSSR count). The first-order chi connectivity index (χ1) is 8.65. The van der Waals surface area contributed by atoms with Crippen LogP contribution in [0.1, 0.15) is 13.3 Å². The molecule has 0 amide bonds. The fraction of sp³-hybridized carbons (Fsp3) is 0.417. The molecule has 1 aromatic carbocycles. The van der Waals surface area contributed by atoms with Gasteiger partial charge in [0, 0.05) is 28.9 Å². The van der Waals surface area contributed by atoms with Crippen LogP contribution < -0.4 is 5.32 Å². The first kappa shape index (κ1) is 12.9. The van der Waals surface area contributed by atoms with E-state index in [4.69, 9.17) is 0 Å². The number of benzene rings is 1. The summed E-state index contributed by atoms with van der Waals surface area (Å²) in [5.74, 6) is 1.19. The Morgan fingerprint density at radius 2 is 2.00 bits per heavy atom. The van der Waals surface area contributed by atoms with Crippen molar-refractivity contribution in [3.05, 3.63) is 24.3 Å². The minimum absolute atomic E-state index is 0.178. The van der Waals surface area contributed by atoms with Crippen molar-refractivity contribution in [2.75, 3.05) is 17.3 Å². The minimum Gasteiger partial charge on any atom is -0.350 e. The molecule has 5 nitrogen and oxygen atoms in total. The zero-order chi connectivity index (χ0) is 13.0. The molecule has 0 saturated carbocycles. The van der Waals surface area contributed by atoms with Crippen molar-refractivity contribution in [2.24, 2.45) is 0 Å². The average molecular weight is 264 g/mol. The predicted octanol–water partition coefficient (Wildman–Crippen LogP) is 1.59. The van der Waals surface area contributed by atoms with Gasteiger partial charge >= 0.3 is 0 Å². The van der Waals surface area contributed by atoms with Crippen LogP contribution in [0.5, 0.6) is 0 Å². The Hall–Kier alpha value is -1.56. The number of aromatic nitrogens is 3. The van der Waals surface area contributed by atoms with Crippen LogP contribution >= 0.6 is 0 Å². The van der Waals surface area contributed by atoms with Crippen molar-refractivity contribution in [1.82, 2.24) is 15.2 Å². The predicted molar refractivity (Wildman–Crippen MR) is 74.0 cm³/mol. The van der Waals surface area contributed by atoms with E-state index in [1.165, 1.54) is 0 Å². The van der Waals surface area contributed by atoms with Gasteiger partial charge in [-0.15, -0.1) is 10.2 Å². The van der Waals surface area contributed by atoms with Crippen LogP contribution in [-0.4, -0.2) is 37.4 Å². The monoisotopic (exact) mass is 264 g/mol. The van der Waals surface area contributed by atoms with Gasteiger partial charge < -0.3 is 5.32 Å². The van der Waals surface area contributed by atoms with Gasteiger partial charge in [0.15, 0.2) is 0 Å². The number of nitrogens with one attached hydrogen (secondary N) is 1. The van der Waals surface area contributed by atoms with Gasteiger partial charge in [-0.05, 0) is 25.5 Å². The lowest BCUT2D eigenvalue weighted by Gasteiger charge is -2.12.